The number of ether oxygens (including phenoxy) is 2. The second kappa shape index (κ2) is 15.1. The van der Waals surface area contributed by atoms with Crippen LogP contribution in [0.1, 0.15) is 52.4 Å². The van der Waals surface area contributed by atoms with Crippen LogP contribution in [0.2, 0.25) is 0 Å². The zero-order chi connectivity index (χ0) is 19.9. The molecule has 0 saturated carbocycles. The lowest BCUT2D eigenvalue weighted by molar-refractivity contribution is -0.141. The first-order chi connectivity index (χ1) is 12.3. The van der Waals surface area contributed by atoms with E-state index in [4.69, 9.17) is 32.7 Å². The third-order valence-corrected chi connectivity index (χ3v) is 4.88. The topological polar surface area (TPSA) is 52.6 Å². The van der Waals surface area contributed by atoms with Crippen molar-refractivity contribution in [2.45, 2.75) is 52.4 Å². The van der Waals surface area contributed by atoms with Gasteiger partial charge in [0.15, 0.2) is 0 Å². The number of hydrogen-bond acceptors (Lipinski definition) is 4. The Hall–Kier alpha value is -1.00. The smallest absolute Gasteiger partial charge is 0.333 e. The maximum atomic E-state index is 11.4. The second-order valence-electron chi connectivity index (χ2n) is 6.79. The minimum atomic E-state index is -0.361. The highest BCUT2D eigenvalue weighted by atomic mass is 35.5. The average Bonchev–Trinajstić information content (AvgIpc) is 2.61. The predicted octanol–water partition coefficient (Wildman–Crippen LogP) is 5.28. The van der Waals surface area contributed by atoms with Crippen molar-refractivity contribution < 1.29 is 19.1 Å². The molecule has 0 bridgehead atoms. The summed E-state index contributed by atoms with van der Waals surface area (Å²) in [7, 11) is 0. The van der Waals surface area contributed by atoms with Crippen LogP contribution in [0.15, 0.2) is 24.3 Å². The number of rotatable bonds is 15. The van der Waals surface area contributed by atoms with Crippen molar-refractivity contribution in [2.75, 3.05) is 25.0 Å². The fraction of sp³-hybridized carbons (Fsp3) is 0.700. The molecule has 26 heavy (non-hydrogen) atoms. The molecular formula is C20H32Cl2O4. The fourth-order valence-electron chi connectivity index (χ4n) is 2.26. The van der Waals surface area contributed by atoms with Crippen molar-refractivity contribution in [3.05, 3.63) is 24.3 Å². The summed E-state index contributed by atoms with van der Waals surface area (Å²) in [5, 5.41) is 0. The van der Waals surface area contributed by atoms with Gasteiger partial charge in [-0.25, -0.2) is 9.59 Å². The molecule has 0 amide bonds. The van der Waals surface area contributed by atoms with Crippen LogP contribution in [0.4, 0.5) is 0 Å². The molecule has 6 heteroatoms. The summed E-state index contributed by atoms with van der Waals surface area (Å²) < 4.78 is 10.3. The maximum Gasteiger partial charge on any atom is 0.333 e. The average molecular weight is 407 g/mol. The Bertz CT molecular complexity index is 421. The van der Waals surface area contributed by atoms with Gasteiger partial charge in [-0.1, -0.05) is 38.8 Å². The summed E-state index contributed by atoms with van der Waals surface area (Å²) in [5.74, 6) is 0.589. The highest BCUT2D eigenvalue weighted by molar-refractivity contribution is 6.18. The van der Waals surface area contributed by atoms with E-state index in [1.54, 1.807) is 13.8 Å². The molecule has 0 aromatic carbocycles. The summed E-state index contributed by atoms with van der Waals surface area (Å²) in [6.45, 7) is 11.1. The van der Waals surface area contributed by atoms with Crippen molar-refractivity contribution in [2.24, 2.45) is 11.8 Å². The van der Waals surface area contributed by atoms with Gasteiger partial charge in [0, 0.05) is 34.7 Å². The Kier molecular flexibility index (Phi) is 14.5. The van der Waals surface area contributed by atoms with Crippen molar-refractivity contribution in [1.82, 2.24) is 0 Å². The molecule has 0 aromatic rings. The van der Waals surface area contributed by atoms with Crippen molar-refractivity contribution >= 4 is 35.1 Å². The summed E-state index contributed by atoms with van der Waals surface area (Å²) in [6.07, 6.45) is 6.12. The van der Waals surface area contributed by atoms with Gasteiger partial charge in [0.25, 0.3) is 0 Å². The summed E-state index contributed by atoms with van der Waals surface area (Å²) in [6, 6.07) is 0. The SMILES string of the molecule is C=C(C)C(=O)OCC(CCl)CCCCCCC(CCl)COC(=O)C(=C)C. The minimum Gasteiger partial charge on any atom is -0.462 e. The fourth-order valence-corrected chi connectivity index (χ4v) is 2.75. The Labute approximate surface area is 167 Å². The van der Waals surface area contributed by atoms with Crippen LogP contribution in [0.3, 0.4) is 0 Å². The molecule has 2 unspecified atom stereocenters. The Morgan fingerprint density at radius 1 is 0.769 bits per heavy atom. The summed E-state index contributed by atoms with van der Waals surface area (Å²) >= 11 is 11.9. The van der Waals surface area contributed by atoms with Crippen LogP contribution in [-0.2, 0) is 19.1 Å². The van der Waals surface area contributed by atoms with E-state index >= 15 is 0 Å². The number of alkyl halides is 2. The van der Waals surface area contributed by atoms with Crippen molar-refractivity contribution in [3.63, 3.8) is 0 Å². The lowest BCUT2D eigenvalue weighted by Gasteiger charge is -2.15. The number of hydrogen-bond donors (Lipinski definition) is 0. The number of carbonyl (C=O) groups is 2. The first-order valence-electron chi connectivity index (χ1n) is 9.08. The molecule has 0 rings (SSSR count). The van der Waals surface area contributed by atoms with Gasteiger partial charge in [0.05, 0.1) is 13.2 Å². The van der Waals surface area contributed by atoms with Gasteiger partial charge >= 0.3 is 11.9 Å². The van der Waals surface area contributed by atoms with Gasteiger partial charge in [-0.3, -0.25) is 0 Å². The number of carbonyl (C=O) groups excluding carboxylic acids is 2. The van der Waals surface area contributed by atoms with Gasteiger partial charge in [-0.15, -0.1) is 23.2 Å². The molecule has 0 heterocycles. The molecule has 0 aliphatic rings. The van der Waals surface area contributed by atoms with E-state index in [1.807, 2.05) is 0 Å². The monoisotopic (exact) mass is 406 g/mol. The Morgan fingerprint density at radius 2 is 1.12 bits per heavy atom. The second-order valence-corrected chi connectivity index (χ2v) is 7.41. The van der Waals surface area contributed by atoms with Crippen LogP contribution in [-0.4, -0.2) is 36.9 Å². The molecule has 0 radical (unpaired) electrons. The highest BCUT2D eigenvalue weighted by Crippen LogP contribution is 2.17. The molecule has 0 aromatic heterocycles. The molecule has 0 N–H and O–H groups in total. The van der Waals surface area contributed by atoms with Crippen LogP contribution < -0.4 is 0 Å². The van der Waals surface area contributed by atoms with Crippen LogP contribution in [0.25, 0.3) is 0 Å². The van der Waals surface area contributed by atoms with Crippen LogP contribution >= 0.6 is 23.2 Å². The van der Waals surface area contributed by atoms with Gasteiger partial charge in [-0.05, 0) is 26.7 Å². The largest absolute Gasteiger partial charge is 0.462 e. The molecule has 0 spiro atoms. The quantitative estimate of drug-likeness (QED) is 0.161. The molecule has 0 aliphatic heterocycles. The van der Waals surface area contributed by atoms with E-state index in [0.29, 0.717) is 36.1 Å². The molecule has 2 atom stereocenters. The van der Waals surface area contributed by atoms with E-state index in [9.17, 15) is 9.59 Å². The number of halogens is 2. The zero-order valence-electron chi connectivity index (χ0n) is 16.0. The standard InChI is InChI=1S/C20H32Cl2O4/c1-15(2)19(23)25-13-17(11-21)9-7-5-6-8-10-18(12-22)14-26-20(24)16(3)4/h17-18H,1,3,5-14H2,2,4H3. The highest BCUT2D eigenvalue weighted by Gasteiger charge is 2.13. The van der Waals surface area contributed by atoms with Crippen LogP contribution in [0.5, 0.6) is 0 Å². The van der Waals surface area contributed by atoms with Gasteiger partial charge in [-0.2, -0.15) is 0 Å². The van der Waals surface area contributed by atoms with E-state index in [0.717, 1.165) is 38.5 Å². The molecular weight excluding hydrogens is 375 g/mol. The molecule has 0 saturated heterocycles. The summed E-state index contributed by atoms with van der Waals surface area (Å²) in [4.78, 5) is 22.8. The normalized spacial score (nSPS) is 12.9. The molecule has 4 nitrogen and oxygen atoms in total. The third kappa shape index (κ3) is 12.4. The van der Waals surface area contributed by atoms with E-state index < -0.39 is 0 Å². The molecule has 150 valence electrons. The third-order valence-electron chi connectivity index (χ3n) is 4.01. The molecule has 0 aliphatic carbocycles. The van der Waals surface area contributed by atoms with Crippen molar-refractivity contribution in [1.29, 1.82) is 0 Å². The molecule has 0 fully saturated rings. The number of unbranched alkanes of at least 4 members (excludes halogenated alkanes) is 3. The minimum absolute atomic E-state index is 0.178. The van der Waals surface area contributed by atoms with Gasteiger partial charge < -0.3 is 9.47 Å². The lowest BCUT2D eigenvalue weighted by Crippen LogP contribution is -2.16. The van der Waals surface area contributed by atoms with E-state index in [2.05, 4.69) is 13.2 Å². The van der Waals surface area contributed by atoms with Crippen LogP contribution in [0, 0.1) is 11.8 Å². The van der Waals surface area contributed by atoms with E-state index in [-0.39, 0.29) is 23.8 Å². The first kappa shape index (κ1) is 25.0. The first-order valence-corrected chi connectivity index (χ1v) is 10.2. The lowest BCUT2D eigenvalue weighted by atomic mass is 10.00. The van der Waals surface area contributed by atoms with Gasteiger partial charge in [0.1, 0.15) is 0 Å². The number of esters is 2. The van der Waals surface area contributed by atoms with Crippen molar-refractivity contribution in [3.8, 4) is 0 Å². The Balaban J connectivity index is 3.82. The van der Waals surface area contributed by atoms with Gasteiger partial charge in [0.2, 0.25) is 0 Å². The predicted molar refractivity (Wildman–Crippen MR) is 108 cm³/mol. The maximum absolute atomic E-state index is 11.4. The van der Waals surface area contributed by atoms with E-state index in [1.165, 1.54) is 0 Å². The zero-order valence-corrected chi connectivity index (χ0v) is 17.5. The summed E-state index contributed by atoms with van der Waals surface area (Å²) in [5.41, 5.74) is 0.808. The Morgan fingerprint density at radius 3 is 1.38 bits per heavy atom.